The van der Waals surface area contributed by atoms with Crippen molar-refractivity contribution in [1.82, 2.24) is 9.97 Å². The summed E-state index contributed by atoms with van der Waals surface area (Å²) in [6, 6.07) is 7.87. The molecule has 1 aromatic carbocycles. The van der Waals surface area contributed by atoms with Crippen molar-refractivity contribution in [3.05, 3.63) is 61.1 Å². The van der Waals surface area contributed by atoms with E-state index in [1.807, 2.05) is 24.3 Å². The number of nitrogens with zero attached hydrogens (tertiary/aromatic N) is 2. The fourth-order valence-corrected chi connectivity index (χ4v) is 3.68. The quantitative estimate of drug-likeness (QED) is 0.579. The van der Waals surface area contributed by atoms with Gasteiger partial charge in [0.1, 0.15) is 6.33 Å². The highest BCUT2D eigenvalue weighted by molar-refractivity contribution is 7.25. The van der Waals surface area contributed by atoms with Crippen LogP contribution in [0.2, 0.25) is 0 Å². The second-order valence-electron chi connectivity index (χ2n) is 5.06. The van der Waals surface area contributed by atoms with E-state index in [9.17, 15) is 13.2 Å². The molecule has 0 aliphatic heterocycles. The number of thiophene rings is 1. The second-order valence-corrected chi connectivity index (χ2v) is 6.11. The predicted octanol–water partition coefficient (Wildman–Crippen LogP) is 5.62. The third kappa shape index (κ3) is 3.27. The number of hydrogen-bond acceptors (Lipinski definition) is 3. The van der Waals surface area contributed by atoms with Crippen molar-refractivity contribution < 1.29 is 13.2 Å². The molecule has 6 heteroatoms. The van der Waals surface area contributed by atoms with Crippen molar-refractivity contribution in [2.75, 3.05) is 0 Å². The first-order chi connectivity index (χ1) is 11.0. The van der Waals surface area contributed by atoms with E-state index in [-0.39, 0.29) is 18.4 Å². The molecule has 0 saturated heterocycles. The van der Waals surface area contributed by atoms with Gasteiger partial charge in [-0.15, -0.1) is 17.9 Å². The Morgan fingerprint density at radius 1 is 1.22 bits per heavy atom. The molecule has 0 amide bonds. The first kappa shape index (κ1) is 15.7. The van der Waals surface area contributed by atoms with Crippen molar-refractivity contribution in [2.24, 2.45) is 0 Å². The summed E-state index contributed by atoms with van der Waals surface area (Å²) in [5.41, 5.74) is 1.56. The van der Waals surface area contributed by atoms with E-state index in [1.54, 1.807) is 17.4 Å². The largest absolute Gasteiger partial charge is 0.409 e. The zero-order valence-corrected chi connectivity index (χ0v) is 12.9. The molecule has 3 rings (SSSR count). The molecule has 0 N–H and O–H groups in total. The van der Waals surface area contributed by atoms with Gasteiger partial charge in [0, 0.05) is 22.1 Å². The van der Waals surface area contributed by atoms with Gasteiger partial charge in [0.15, 0.2) is 0 Å². The van der Waals surface area contributed by atoms with E-state index in [0.717, 1.165) is 32.1 Å². The highest BCUT2D eigenvalue weighted by Crippen LogP contribution is 2.37. The van der Waals surface area contributed by atoms with Gasteiger partial charge in [-0.25, -0.2) is 9.97 Å². The molecule has 0 saturated carbocycles. The average Bonchev–Trinajstić information content (AvgIpc) is 2.89. The highest BCUT2D eigenvalue weighted by Gasteiger charge is 2.22. The molecule has 1 atom stereocenters. The van der Waals surface area contributed by atoms with E-state index in [0.29, 0.717) is 0 Å². The number of halogens is 3. The van der Waals surface area contributed by atoms with Crippen LogP contribution in [-0.4, -0.2) is 16.1 Å². The summed E-state index contributed by atoms with van der Waals surface area (Å²) in [5, 5.41) is 1.03. The van der Waals surface area contributed by atoms with Crippen molar-refractivity contribution in [3.8, 4) is 0 Å². The Kier molecular flexibility index (Phi) is 4.17. The Morgan fingerprint density at radius 2 is 2.00 bits per heavy atom. The molecule has 0 spiro atoms. The van der Waals surface area contributed by atoms with Crippen molar-refractivity contribution in [2.45, 2.75) is 18.5 Å². The van der Waals surface area contributed by atoms with E-state index in [1.165, 1.54) is 6.33 Å². The van der Waals surface area contributed by atoms with E-state index >= 15 is 0 Å². The molecule has 0 bridgehead atoms. The lowest BCUT2D eigenvalue weighted by atomic mass is 10.0. The molecule has 23 heavy (non-hydrogen) atoms. The fourth-order valence-electron chi connectivity index (χ4n) is 2.47. The minimum Gasteiger partial charge on any atom is -0.239 e. The Balaban J connectivity index is 2.04. The maximum absolute atomic E-state index is 12.3. The van der Waals surface area contributed by atoms with Gasteiger partial charge in [0.05, 0.1) is 15.9 Å². The van der Waals surface area contributed by atoms with E-state index < -0.39 is 6.18 Å². The highest BCUT2D eigenvalue weighted by atomic mass is 32.1. The SMILES string of the molecule is C=CC(C/C=C/C(F)(F)F)c1ncnc2c1sc1ccccc12. The number of fused-ring (bicyclic) bond motifs is 3. The zero-order valence-electron chi connectivity index (χ0n) is 12.0. The lowest BCUT2D eigenvalue weighted by Gasteiger charge is -2.10. The molecular weight excluding hydrogens is 321 g/mol. The predicted molar refractivity (Wildman–Crippen MR) is 87.7 cm³/mol. The van der Waals surface area contributed by atoms with Crippen LogP contribution in [0.15, 0.2) is 55.4 Å². The molecule has 0 radical (unpaired) electrons. The average molecular weight is 334 g/mol. The monoisotopic (exact) mass is 334 g/mol. The lowest BCUT2D eigenvalue weighted by Crippen LogP contribution is -2.02. The summed E-state index contributed by atoms with van der Waals surface area (Å²) >= 11 is 1.55. The summed E-state index contributed by atoms with van der Waals surface area (Å²) in [4.78, 5) is 8.63. The standard InChI is InChI=1S/C17H13F3N2S/c1-2-11(6-5-9-17(18,19)20)14-16-15(22-10-21-14)12-7-3-4-8-13(12)23-16/h2-5,7-11H,1,6H2/b9-5+. The Labute approximate surface area is 135 Å². The first-order valence-corrected chi connectivity index (χ1v) is 7.80. The normalized spacial score (nSPS) is 13.9. The summed E-state index contributed by atoms with van der Waals surface area (Å²) in [6.07, 6.45) is 0.363. The van der Waals surface area contributed by atoms with Crippen molar-refractivity contribution in [3.63, 3.8) is 0 Å². The maximum Gasteiger partial charge on any atom is 0.409 e. The fraction of sp³-hybridized carbons (Fsp3) is 0.176. The van der Waals surface area contributed by atoms with Gasteiger partial charge in [0.25, 0.3) is 0 Å². The van der Waals surface area contributed by atoms with Crippen LogP contribution in [-0.2, 0) is 0 Å². The van der Waals surface area contributed by atoms with Crippen LogP contribution in [0.3, 0.4) is 0 Å². The van der Waals surface area contributed by atoms with Gasteiger partial charge in [0.2, 0.25) is 0 Å². The smallest absolute Gasteiger partial charge is 0.239 e. The molecule has 2 heterocycles. The molecular formula is C17H13F3N2S. The lowest BCUT2D eigenvalue weighted by molar-refractivity contribution is -0.0800. The maximum atomic E-state index is 12.3. The number of hydrogen-bond donors (Lipinski definition) is 0. The van der Waals surface area contributed by atoms with Gasteiger partial charge < -0.3 is 0 Å². The van der Waals surface area contributed by atoms with Gasteiger partial charge in [-0.1, -0.05) is 30.4 Å². The minimum absolute atomic E-state index is 0.198. The molecule has 3 aromatic rings. The Bertz CT molecular complexity index is 880. The third-order valence-corrected chi connectivity index (χ3v) is 4.70. The number of allylic oxidation sites excluding steroid dienone is 3. The van der Waals surface area contributed by atoms with Crippen molar-refractivity contribution >= 4 is 31.6 Å². The Morgan fingerprint density at radius 3 is 2.74 bits per heavy atom. The second kappa shape index (κ2) is 6.12. The van der Waals surface area contributed by atoms with Crippen LogP contribution < -0.4 is 0 Å². The van der Waals surface area contributed by atoms with Crippen LogP contribution in [0.4, 0.5) is 13.2 Å². The van der Waals surface area contributed by atoms with Crippen LogP contribution in [0.5, 0.6) is 0 Å². The van der Waals surface area contributed by atoms with Gasteiger partial charge in [-0.2, -0.15) is 13.2 Å². The summed E-state index contributed by atoms with van der Waals surface area (Å²) in [6.45, 7) is 3.74. The third-order valence-electron chi connectivity index (χ3n) is 3.52. The van der Waals surface area contributed by atoms with Crippen LogP contribution in [0, 0.1) is 0 Å². The van der Waals surface area contributed by atoms with E-state index in [2.05, 4.69) is 16.5 Å². The molecule has 118 valence electrons. The topological polar surface area (TPSA) is 25.8 Å². The first-order valence-electron chi connectivity index (χ1n) is 6.98. The van der Waals surface area contributed by atoms with Crippen LogP contribution in [0.1, 0.15) is 18.0 Å². The summed E-state index contributed by atoms with van der Waals surface area (Å²) in [7, 11) is 0. The van der Waals surface area contributed by atoms with Crippen molar-refractivity contribution in [1.29, 1.82) is 0 Å². The molecule has 0 aliphatic rings. The number of rotatable bonds is 4. The molecule has 2 aromatic heterocycles. The zero-order chi connectivity index (χ0) is 16.4. The van der Waals surface area contributed by atoms with Gasteiger partial charge in [-0.3, -0.25) is 0 Å². The molecule has 0 fully saturated rings. The minimum atomic E-state index is -4.30. The van der Waals surface area contributed by atoms with Crippen LogP contribution in [0.25, 0.3) is 20.3 Å². The van der Waals surface area contributed by atoms with Gasteiger partial charge in [-0.05, 0) is 12.5 Å². The number of aromatic nitrogens is 2. The number of alkyl halides is 3. The van der Waals surface area contributed by atoms with E-state index in [4.69, 9.17) is 0 Å². The van der Waals surface area contributed by atoms with Gasteiger partial charge >= 0.3 is 6.18 Å². The Hall–Kier alpha value is -2.21. The molecule has 1 unspecified atom stereocenters. The van der Waals surface area contributed by atoms with Crippen LogP contribution >= 0.6 is 11.3 Å². The summed E-state index contributed by atoms with van der Waals surface area (Å²) < 4.78 is 38.8. The summed E-state index contributed by atoms with van der Waals surface area (Å²) in [5.74, 6) is -0.285. The number of benzene rings is 1. The molecule has 0 aliphatic carbocycles. The molecule has 2 nitrogen and oxygen atoms in total.